The fraction of sp³-hybridized carbons (Fsp3) is 0.545. The topological polar surface area (TPSA) is 58.3 Å². The van der Waals surface area contributed by atoms with Gasteiger partial charge in [0, 0.05) is 25.7 Å². The van der Waals surface area contributed by atoms with Crippen LogP contribution in [0.4, 0.5) is 5.82 Å². The van der Waals surface area contributed by atoms with Crippen molar-refractivity contribution in [2.24, 2.45) is 5.73 Å². The van der Waals surface area contributed by atoms with Crippen LogP contribution >= 0.6 is 12.2 Å². The summed E-state index contributed by atoms with van der Waals surface area (Å²) >= 11 is 5.05. The van der Waals surface area contributed by atoms with Gasteiger partial charge in [-0.05, 0) is 20.0 Å². The van der Waals surface area contributed by atoms with Gasteiger partial charge in [-0.15, -0.1) is 5.10 Å². The number of nitrogens with two attached hydrogens (primary N) is 1. The van der Waals surface area contributed by atoms with E-state index in [0.29, 0.717) is 11.0 Å². The van der Waals surface area contributed by atoms with E-state index in [1.54, 1.807) is 6.20 Å². The van der Waals surface area contributed by atoms with E-state index in [1.807, 2.05) is 6.07 Å². The molecule has 0 bridgehead atoms. The lowest BCUT2D eigenvalue weighted by molar-refractivity contribution is 0.274. The van der Waals surface area contributed by atoms with E-state index in [4.69, 9.17) is 18.0 Å². The van der Waals surface area contributed by atoms with E-state index in [1.165, 1.54) is 0 Å². The molecule has 1 atom stereocenters. The van der Waals surface area contributed by atoms with Crippen molar-refractivity contribution in [2.75, 3.05) is 31.6 Å². The molecular weight excluding hydrogens is 234 g/mol. The normalized spacial score (nSPS) is 21.5. The predicted octanol–water partition coefficient (Wildman–Crippen LogP) is 0.251. The van der Waals surface area contributed by atoms with Crippen molar-refractivity contribution in [3.63, 3.8) is 0 Å². The summed E-state index contributed by atoms with van der Waals surface area (Å²) in [7, 11) is 2.12. The van der Waals surface area contributed by atoms with Crippen molar-refractivity contribution >= 4 is 23.0 Å². The zero-order chi connectivity index (χ0) is 12.4. The second kappa shape index (κ2) is 4.93. The lowest BCUT2D eigenvalue weighted by Gasteiger charge is -2.39. The Hall–Kier alpha value is -1.27. The Morgan fingerprint density at radius 1 is 1.53 bits per heavy atom. The van der Waals surface area contributed by atoms with Crippen LogP contribution in [0.15, 0.2) is 12.3 Å². The van der Waals surface area contributed by atoms with Crippen LogP contribution in [0.5, 0.6) is 0 Å². The van der Waals surface area contributed by atoms with E-state index in [0.717, 1.165) is 31.0 Å². The minimum Gasteiger partial charge on any atom is -0.389 e. The van der Waals surface area contributed by atoms with Crippen LogP contribution in [0.1, 0.15) is 12.5 Å². The van der Waals surface area contributed by atoms with Crippen LogP contribution in [-0.4, -0.2) is 52.8 Å². The van der Waals surface area contributed by atoms with Gasteiger partial charge in [0.15, 0.2) is 5.82 Å². The van der Waals surface area contributed by atoms with Crippen molar-refractivity contribution in [3.05, 3.63) is 17.8 Å². The Balaban J connectivity index is 2.30. The first-order valence-corrected chi connectivity index (χ1v) is 6.07. The number of hydrogen-bond acceptors (Lipinski definition) is 5. The van der Waals surface area contributed by atoms with E-state index in [-0.39, 0.29) is 0 Å². The molecule has 6 heteroatoms. The third-order valence-electron chi connectivity index (χ3n) is 3.07. The summed E-state index contributed by atoms with van der Waals surface area (Å²) in [5.74, 6) is 0.806. The molecule has 5 nitrogen and oxygen atoms in total. The maximum atomic E-state index is 5.72. The maximum absolute atomic E-state index is 5.72. The lowest BCUT2D eigenvalue weighted by Crippen LogP contribution is -2.51. The van der Waals surface area contributed by atoms with Crippen LogP contribution in [0, 0.1) is 0 Å². The van der Waals surface area contributed by atoms with Gasteiger partial charge < -0.3 is 15.5 Å². The molecule has 1 fully saturated rings. The van der Waals surface area contributed by atoms with Gasteiger partial charge in [-0.3, -0.25) is 0 Å². The number of rotatable bonds is 2. The zero-order valence-electron chi connectivity index (χ0n) is 10.1. The molecule has 2 heterocycles. The highest BCUT2D eigenvalue weighted by Crippen LogP contribution is 2.21. The molecule has 2 rings (SSSR count). The van der Waals surface area contributed by atoms with E-state index in [9.17, 15) is 0 Å². The molecule has 1 saturated heterocycles. The van der Waals surface area contributed by atoms with Crippen molar-refractivity contribution < 1.29 is 0 Å². The van der Waals surface area contributed by atoms with Gasteiger partial charge in [0.05, 0.1) is 11.8 Å². The smallest absolute Gasteiger partial charge is 0.161 e. The van der Waals surface area contributed by atoms with Crippen LogP contribution < -0.4 is 10.6 Å². The Kier molecular flexibility index (Phi) is 3.54. The van der Waals surface area contributed by atoms with Crippen molar-refractivity contribution in [1.82, 2.24) is 15.1 Å². The van der Waals surface area contributed by atoms with Crippen molar-refractivity contribution in [2.45, 2.75) is 13.0 Å². The van der Waals surface area contributed by atoms with E-state index in [2.05, 4.69) is 34.0 Å². The molecule has 0 amide bonds. The Labute approximate surface area is 107 Å². The number of hydrogen-bond donors (Lipinski definition) is 1. The summed E-state index contributed by atoms with van der Waals surface area (Å²) in [6, 6.07) is 2.22. The molecule has 0 spiro atoms. The molecule has 1 aromatic rings. The van der Waals surface area contributed by atoms with E-state index < -0.39 is 0 Å². The molecule has 1 aliphatic heterocycles. The van der Waals surface area contributed by atoms with Gasteiger partial charge in [0.25, 0.3) is 0 Å². The minimum absolute atomic E-state index is 0.376. The summed E-state index contributed by atoms with van der Waals surface area (Å²) < 4.78 is 0. The molecule has 1 unspecified atom stereocenters. The molecule has 1 aromatic heterocycles. The summed E-state index contributed by atoms with van der Waals surface area (Å²) in [4.78, 5) is 4.90. The number of piperazine rings is 1. The second-order valence-electron chi connectivity index (χ2n) is 4.44. The fourth-order valence-electron chi connectivity index (χ4n) is 2.18. The molecule has 1 aliphatic rings. The number of likely N-dealkylation sites (N-methyl/N-ethyl adjacent to an activating group) is 1. The fourth-order valence-corrected chi connectivity index (χ4v) is 2.34. The Bertz CT molecular complexity index is 422. The molecule has 0 saturated carbocycles. The summed E-state index contributed by atoms with van der Waals surface area (Å²) in [5, 5.41) is 8.12. The number of nitrogens with zero attached hydrogens (tertiary/aromatic N) is 4. The van der Waals surface area contributed by atoms with Crippen LogP contribution in [0.2, 0.25) is 0 Å². The third-order valence-corrected chi connectivity index (χ3v) is 3.29. The average Bonchev–Trinajstić information content (AvgIpc) is 2.29. The molecule has 0 aromatic carbocycles. The van der Waals surface area contributed by atoms with Gasteiger partial charge in [0.2, 0.25) is 0 Å². The lowest BCUT2D eigenvalue weighted by atomic mass is 10.1. The van der Waals surface area contributed by atoms with Gasteiger partial charge in [-0.25, -0.2) is 0 Å². The monoisotopic (exact) mass is 251 g/mol. The molecule has 2 N–H and O–H groups in total. The van der Waals surface area contributed by atoms with Crippen LogP contribution in [0.25, 0.3) is 0 Å². The number of thiocarbonyl (C=S) groups is 1. The predicted molar refractivity (Wildman–Crippen MR) is 72.2 cm³/mol. The zero-order valence-corrected chi connectivity index (χ0v) is 10.9. The van der Waals surface area contributed by atoms with Gasteiger partial charge in [-0.1, -0.05) is 12.2 Å². The number of aromatic nitrogens is 2. The summed E-state index contributed by atoms with van der Waals surface area (Å²) in [6.07, 6.45) is 1.62. The summed E-state index contributed by atoms with van der Waals surface area (Å²) in [6.45, 7) is 5.12. The molecule has 92 valence electrons. The molecular formula is C11H17N5S. The quantitative estimate of drug-likeness (QED) is 0.761. The summed E-state index contributed by atoms with van der Waals surface area (Å²) in [5.41, 5.74) is 6.53. The van der Waals surface area contributed by atoms with Crippen LogP contribution in [0.3, 0.4) is 0 Å². The highest BCUT2D eigenvalue weighted by atomic mass is 32.1. The first-order chi connectivity index (χ1) is 8.09. The van der Waals surface area contributed by atoms with Gasteiger partial charge in [-0.2, -0.15) is 5.10 Å². The second-order valence-corrected chi connectivity index (χ2v) is 4.88. The molecule has 17 heavy (non-hydrogen) atoms. The van der Waals surface area contributed by atoms with Gasteiger partial charge >= 0.3 is 0 Å². The highest BCUT2D eigenvalue weighted by molar-refractivity contribution is 7.80. The SMILES string of the molecule is CC1CN(C)CCN1c1nnccc1C(N)=S. The molecule has 0 aliphatic carbocycles. The number of anilines is 1. The first kappa shape index (κ1) is 12.2. The first-order valence-electron chi connectivity index (χ1n) is 5.66. The van der Waals surface area contributed by atoms with Crippen molar-refractivity contribution in [1.29, 1.82) is 0 Å². The minimum atomic E-state index is 0.376. The van der Waals surface area contributed by atoms with Gasteiger partial charge in [0.1, 0.15) is 4.99 Å². The maximum Gasteiger partial charge on any atom is 0.161 e. The Morgan fingerprint density at radius 3 is 2.94 bits per heavy atom. The van der Waals surface area contributed by atoms with Crippen molar-refractivity contribution in [3.8, 4) is 0 Å². The Morgan fingerprint density at radius 2 is 2.29 bits per heavy atom. The largest absolute Gasteiger partial charge is 0.389 e. The standard InChI is InChI=1S/C11H17N5S/c1-8-7-15(2)5-6-16(8)11-9(10(12)17)3-4-13-14-11/h3-4,8H,5-7H2,1-2H3,(H2,12,17). The highest BCUT2D eigenvalue weighted by Gasteiger charge is 2.25. The third kappa shape index (κ3) is 2.53. The molecule has 0 radical (unpaired) electrons. The van der Waals surface area contributed by atoms with E-state index >= 15 is 0 Å². The average molecular weight is 251 g/mol. The van der Waals surface area contributed by atoms with Crippen LogP contribution in [-0.2, 0) is 0 Å².